The summed E-state index contributed by atoms with van der Waals surface area (Å²) in [6.45, 7) is 5.24. The standard InChI is InChI=1S/C14H23BrN2OS/c1-3-17-14(2,11-18)8-4-5-10-19-13-12(15)7-6-9-16-13/h6-7,9,17-18H,3-5,8,10-11H2,1-2H3. The van der Waals surface area contributed by atoms with Gasteiger partial charge in [0.25, 0.3) is 0 Å². The first-order chi connectivity index (χ1) is 9.11. The van der Waals surface area contributed by atoms with Crippen molar-refractivity contribution >= 4 is 27.7 Å². The van der Waals surface area contributed by atoms with Crippen LogP contribution in [-0.2, 0) is 0 Å². The third-order valence-corrected chi connectivity index (χ3v) is 5.03. The molecule has 0 amide bonds. The molecule has 1 aromatic heterocycles. The number of hydrogen-bond acceptors (Lipinski definition) is 4. The molecule has 0 bridgehead atoms. The highest BCUT2D eigenvalue weighted by atomic mass is 79.9. The molecule has 0 spiro atoms. The van der Waals surface area contributed by atoms with E-state index in [-0.39, 0.29) is 12.1 Å². The molecule has 108 valence electrons. The summed E-state index contributed by atoms with van der Waals surface area (Å²) >= 11 is 5.28. The number of nitrogens with one attached hydrogen (secondary N) is 1. The lowest BCUT2D eigenvalue weighted by atomic mass is 9.96. The minimum absolute atomic E-state index is 0.134. The highest BCUT2D eigenvalue weighted by Gasteiger charge is 2.20. The van der Waals surface area contributed by atoms with Crippen LogP contribution in [0.2, 0.25) is 0 Å². The van der Waals surface area contributed by atoms with E-state index < -0.39 is 0 Å². The van der Waals surface area contributed by atoms with Gasteiger partial charge in [-0.3, -0.25) is 0 Å². The summed E-state index contributed by atoms with van der Waals surface area (Å²) in [6, 6.07) is 3.95. The van der Waals surface area contributed by atoms with Crippen LogP contribution in [0.3, 0.4) is 0 Å². The minimum atomic E-state index is -0.134. The van der Waals surface area contributed by atoms with Gasteiger partial charge in [-0.05, 0) is 60.1 Å². The van der Waals surface area contributed by atoms with Gasteiger partial charge in [-0.2, -0.15) is 0 Å². The van der Waals surface area contributed by atoms with Crippen molar-refractivity contribution in [1.29, 1.82) is 0 Å². The molecule has 0 aromatic carbocycles. The topological polar surface area (TPSA) is 45.1 Å². The zero-order valence-corrected chi connectivity index (χ0v) is 14.1. The summed E-state index contributed by atoms with van der Waals surface area (Å²) in [5.41, 5.74) is -0.134. The Morgan fingerprint density at radius 1 is 1.47 bits per heavy atom. The zero-order valence-electron chi connectivity index (χ0n) is 11.7. The number of aliphatic hydroxyl groups excluding tert-OH is 1. The van der Waals surface area contributed by atoms with E-state index in [0.29, 0.717) is 0 Å². The zero-order chi connectivity index (χ0) is 14.1. The van der Waals surface area contributed by atoms with Crippen molar-refractivity contribution in [2.24, 2.45) is 0 Å². The SMILES string of the molecule is CCNC(C)(CO)CCCCSc1ncccc1Br. The summed E-state index contributed by atoms with van der Waals surface area (Å²) in [7, 11) is 0. The quantitative estimate of drug-likeness (QED) is 0.530. The van der Waals surface area contributed by atoms with Gasteiger partial charge < -0.3 is 10.4 Å². The van der Waals surface area contributed by atoms with Gasteiger partial charge in [-0.1, -0.05) is 13.3 Å². The monoisotopic (exact) mass is 346 g/mol. The molecule has 2 N–H and O–H groups in total. The molecule has 0 radical (unpaired) electrons. The molecule has 0 aliphatic carbocycles. The average Bonchev–Trinajstić information content (AvgIpc) is 2.41. The molecule has 1 atom stereocenters. The van der Waals surface area contributed by atoms with E-state index in [1.807, 2.05) is 18.3 Å². The van der Waals surface area contributed by atoms with Crippen LogP contribution >= 0.6 is 27.7 Å². The second-order valence-electron chi connectivity index (χ2n) is 4.85. The van der Waals surface area contributed by atoms with Gasteiger partial charge in [0, 0.05) is 16.2 Å². The molecular weight excluding hydrogens is 324 g/mol. The number of unbranched alkanes of at least 4 members (excludes halogenated alkanes) is 1. The molecule has 0 aliphatic heterocycles. The van der Waals surface area contributed by atoms with E-state index in [2.05, 4.69) is 40.1 Å². The molecule has 0 saturated carbocycles. The second kappa shape index (κ2) is 8.95. The van der Waals surface area contributed by atoms with Gasteiger partial charge in [0.15, 0.2) is 0 Å². The smallest absolute Gasteiger partial charge is 0.110 e. The molecule has 19 heavy (non-hydrogen) atoms. The van der Waals surface area contributed by atoms with Gasteiger partial charge >= 0.3 is 0 Å². The number of thioether (sulfide) groups is 1. The van der Waals surface area contributed by atoms with Crippen LogP contribution in [0.4, 0.5) is 0 Å². The number of aliphatic hydroxyl groups is 1. The molecular formula is C14H23BrN2OS. The maximum Gasteiger partial charge on any atom is 0.110 e. The summed E-state index contributed by atoms with van der Waals surface area (Å²) in [5, 5.41) is 13.8. The van der Waals surface area contributed by atoms with Crippen molar-refractivity contribution in [3.05, 3.63) is 22.8 Å². The van der Waals surface area contributed by atoms with E-state index in [4.69, 9.17) is 0 Å². The number of aromatic nitrogens is 1. The van der Waals surface area contributed by atoms with E-state index in [1.54, 1.807) is 11.8 Å². The van der Waals surface area contributed by atoms with Crippen LogP contribution in [0.15, 0.2) is 27.8 Å². The number of likely N-dealkylation sites (N-methyl/N-ethyl adjacent to an activating group) is 1. The maximum absolute atomic E-state index is 9.40. The third-order valence-electron chi connectivity index (χ3n) is 3.04. The van der Waals surface area contributed by atoms with Crippen LogP contribution in [0.25, 0.3) is 0 Å². The number of rotatable bonds is 9. The van der Waals surface area contributed by atoms with Crippen LogP contribution in [0.1, 0.15) is 33.1 Å². The Morgan fingerprint density at radius 2 is 2.26 bits per heavy atom. The van der Waals surface area contributed by atoms with Gasteiger partial charge in [0.2, 0.25) is 0 Å². The van der Waals surface area contributed by atoms with Crippen LogP contribution in [0.5, 0.6) is 0 Å². The van der Waals surface area contributed by atoms with E-state index in [9.17, 15) is 5.11 Å². The van der Waals surface area contributed by atoms with E-state index in [1.165, 1.54) is 0 Å². The second-order valence-corrected chi connectivity index (χ2v) is 6.78. The summed E-state index contributed by atoms with van der Waals surface area (Å²) in [6.07, 6.45) is 5.07. The minimum Gasteiger partial charge on any atom is -0.394 e. The van der Waals surface area contributed by atoms with Gasteiger partial charge in [-0.15, -0.1) is 11.8 Å². The number of nitrogens with zero attached hydrogens (tertiary/aromatic N) is 1. The normalized spacial score (nSPS) is 14.3. The lowest BCUT2D eigenvalue weighted by Gasteiger charge is -2.28. The highest BCUT2D eigenvalue weighted by Crippen LogP contribution is 2.26. The van der Waals surface area contributed by atoms with Crippen molar-refractivity contribution in [1.82, 2.24) is 10.3 Å². The molecule has 0 saturated heterocycles. The molecule has 1 rings (SSSR count). The predicted molar refractivity (Wildman–Crippen MR) is 85.7 cm³/mol. The van der Waals surface area contributed by atoms with Crippen molar-refractivity contribution in [3.8, 4) is 0 Å². The molecule has 3 nitrogen and oxygen atoms in total. The fraction of sp³-hybridized carbons (Fsp3) is 0.643. The Morgan fingerprint density at radius 3 is 2.89 bits per heavy atom. The molecule has 5 heteroatoms. The molecule has 0 aliphatic rings. The average molecular weight is 347 g/mol. The summed E-state index contributed by atoms with van der Waals surface area (Å²) in [5.74, 6) is 1.06. The predicted octanol–water partition coefficient (Wildman–Crippen LogP) is 3.47. The van der Waals surface area contributed by atoms with Crippen LogP contribution < -0.4 is 5.32 Å². The molecule has 1 unspecified atom stereocenters. The molecule has 0 fully saturated rings. The Bertz CT molecular complexity index is 378. The van der Waals surface area contributed by atoms with Crippen LogP contribution in [-0.4, -0.2) is 34.5 Å². The first kappa shape index (κ1) is 17.0. The first-order valence-corrected chi connectivity index (χ1v) is 8.48. The fourth-order valence-corrected chi connectivity index (χ4v) is 3.40. The number of hydrogen-bond donors (Lipinski definition) is 2. The lowest BCUT2D eigenvalue weighted by Crippen LogP contribution is -2.45. The fourth-order valence-electron chi connectivity index (χ4n) is 1.91. The summed E-state index contributed by atoms with van der Waals surface area (Å²) < 4.78 is 1.06. The third kappa shape index (κ3) is 6.25. The molecule has 1 heterocycles. The van der Waals surface area contributed by atoms with Gasteiger partial charge in [0.05, 0.1) is 6.61 Å². The molecule has 1 aromatic rings. The number of halogens is 1. The largest absolute Gasteiger partial charge is 0.394 e. The van der Waals surface area contributed by atoms with Gasteiger partial charge in [0.1, 0.15) is 5.03 Å². The Hall–Kier alpha value is -0.100. The van der Waals surface area contributed by atoms with E-state index >= 15 is 0 Å². The lowest BCUT2D eigenvalue weighted by molar-refractivity contribution is 0.165. The number of pyridine rings is 1. The summed E-state index contributed by atoms with van der Waals surface area (Å²) in [4.78, 5) is 4.33. The van der Waals surface area contributed by atoms with Crippen molar-refractivity contribution in [2.75, 3.05) is 18.9 Å². The maximum atomic E-state index is 9.40. The van der Waals surface area contributed by atoms with Crippen molar-refractivity contribution < 1.29 is 5.11 Å². The first-order valence-electron chi connectivity index (χ1n) is 6.70. The van der Waals surface area contributed by atoms with Crippen molar-refractivity contribution in [3.63, 3.8) is 0 Å². The Labute approximate surface area is 128 Å². The Balaban J connectivity index is 2.23. The van der Waals surface area contributed by atoms with E-state index in [0.717, 1.165) is 41.1 Å². The Kier molecular flexibility index (Phi) is 7.99. The van der Waals surface area contributed by atoms with Crippen molar-refractivity contribution in [2.45, 2.75) is 43.7 Å². The van der Waals surface area contributed by atoms with Gasteiger partial charge in [-0.25, -0.2) is 4.98 Å². The highest BCUT2D eigenvalue weighted by molar-refractivity contribution is 9.10. The van der Waals surface area contributed by atoms with Crippen LogP contribution in [0, 0.1) is 0 Å².